The molecule has 1 atom stereocenters. The number of alkyl halides is 2. The Hall–Kier alpha value is -2.78. The lowest BCUT2D eigenvalue weighted by Gasteiger charge is -2.16. The summed E-state index contributed by atoms with van der Waals surface area (Å²) in [5, 5.41) is 16.5. The first kappa shape index (κ1) is 24.5. The van der Waals surface area contributed by atoms with Gasteiger partial charge in [0.05, 0.1) is 12.6 Å². The maximum Gasteiger partial charge on any atom is 0.387 e. The van der Waals surface area contributed by atoms with Crippen LogP contribution in [0.15, 0.2) is 47.5 Å². The van der Waals surface area contributed by atoms with Crippen molar-refractivity contribution in [1.82, 2.24) is 15.5 Å². The number of guanidine groups is 1. The van der Waals surface area contributed by atoms with Crippen LogP contribution in [-0.2, 0) is 13.1 Å². The molecular weight excluding hydrogens is 409 g/mol. The fourth-order valence-electron chi connectivity index (χ4n) is 2.88. The van der Waals surface area contributed by atoms with Crippen molar-refractivity contribution in [3.05, 3.63) is 65.0 Å². The van der Waals surface area contributed by atoms with E-state index in [1.54, 1.807) is 12.1 Å². The highest BCUT2D eigenvalue weighted by atomic mass is 19.3. The summed E-state index contributed by atoms with van der Waals surface area (Å²) in [6, 6.07) is 10.7. The molecule has 0 heterocycles. The molecular formula is C22H29F3N4O2. The number of hydrogen-bond acceptors (Lipinski definition) is 4. The molecule has 2 aromatic carbocycles. The molecule has 3 N–H and O–H groups in total. The zero-order chi connectivity index (χ0) is 22.8. The van der Waals surface area contributed by atoms with E-state index in [0.29, 0.717) is 36.7 Å². The maximum absolute atomic E-state index is 13.9. The molecule has 0 aliphatic rings. The zero-order valence-electron chi connectivity index (χ0n) is 17.9. The number of aliphatic hydroxyl groups excluding tert-OH is 1. The zero-order valence-corrected chi connectivity index (χ0v) is 17.9. The van der Waals surface area contributed by atoms with Crippen molar-refractivity contribution in [3.8, 4) is 5.75 Å². The van der Waals surface area contributed by atoms with Gasteiger partial charge in [0.25, 0.3) is 0 Å². The van der Waals surface area contributed by atoms with Gasteiger partial charge in [-0.2, -0.15) is 8.78 Å². The maximum atomic E-state index is 13.9. The minimum Gasteiger partial charge on any atom is -0.435 e. The predicted octanol–water partition coefficient (Wildman–Crippen LogP) is 3.28. The molecule has 0 spiro atoms. The Morgan fingerprint density at radius 3 is 2.45 bits per heavy atom. The Balaban J connectivity index is 1.98. The van der Waals surface area contributed by atoms with Gasteiger partial charge in [0.1, 0.15) is 11.6 Å². The molecule has 0 amide bonds. The van der Waals surface area contributed by atoms with E-state index in [1.165, 1.54) is 30.3 Å². The van der Waals surface area contributed by atoms with Crippen LogP contribution in [0.5, 0.6) is 5.75 Å². The number of hydrogen-bond donors (Lipinski definition) is 3. The van der Waals surface area contributed by atoms with Crippen molar-refractivity contribution in [3.63, 3.8) is 0 Å². The molecule has 2 rings (SSSR count). The van der Waals surface area contributed by atoms with Gasteiger partial charge in [0.2, 0.25) is 0 Å². The third-order valence-electron chi connectivity index (χ3n) is 4.31. The second-order valence-corrected chi connectivity index (χ2v) is 7.20. The Morgan fingerprint density at radius 1 is 1.13 bits per heavy atom. The van der Waals surface area contributed by atoms with Gasteiger partial charge in [-0.25, -0.2) is 9.38 Å². The van der Waals surface area contributed by atoms with E-state index in [-0.39, 0.29) is 18.1 Å². The molecule has 31 heavy (non-hydrogen) atoms. The highest BCUT2D eigenvalue weighted by Gasteiger charge is 2.11. The van der Waals surface area contributed by atoms with Crippen LogP contribution in [0.2, 0.25) is 0 Å². The lowest BCUT2D eigenvalue weighted by molar-refractivity contribution is -0.0498. The van der Waals surface area contributed by atoms with Gasteiger partial charge in [0, 0.05) is 25.2 Å². The third-order valence-corrected chi connectivity index (χ3v) is 4.31. The highest BCUT2D eigenvalue weighted by molar-refractivity contribution is 5.79. The highest BCUT2D eigenvalue weighted by Crippen LogP contribution is 2.19. The minimum absolute atomic E-state index is 0.0294. The minimum atomic E-state index is -2.89. The molecule has 0 saturated heterocycles. The van der Waals surface area contributed by atoms with Crippen LogP contribution in [0.4, 0.5) is 13.2 Å². The van der Waals surface area contributed by atoms with Crippen LogP contribution >= 0.6 is 0 Å². The standard InChI is InChI=1S/C22H29F3N4O2/c1-4-26-22(27-12-15-5-10-19(23)17(11-15)14-29(2)3)28-13-20(30)16-6-8-18(9-7-16)31-21(24)25/h5-11,20-21,30H,4,12-14H2,1-3H3,(H2,26,27,28). The van der Waals surface area contributed by atoms with Gasteiger partial charge in [-0.1, -0.05) is 18.2 Å². The molecule has 0 radical (unpaired) electrons. The van der Waals surface area contributed by atoms with E-state index in [0.717, 1.165) is 5.56 Å². The number of nitrogens with zero attached hydrogens (tertiary/aromatic N) is 2. The van der Waals surface area contributed by atoms with Crippen LogP contribution in [0.1, 0.15) is 29.7 Å². The number of halogens is 3. The monoisotopic (exact) mass is 438 g/mol. The average molecular weight is 438 g/mol. The molecule has 0 aromatic heterocycles. The molecule has 170 valence electrons. The van der Waals surface area contributed by atoms with Gasteiger partial charge < -0.3 is 25.4 Å². The Labute approximate surface area is 180 Å². The Bertz CT molecular complexity index is 845. The summed E-state index contributed by atoms with van der Waals surface area (Å²) in [6.45, 7) is 0.646. The summed E-state index contributed by atoms with van der Waals surface area (Å²) in [4.78, 5) is 6.38. The summed E-state index contributed by atoms with van der Waals surface area (Å²) in [7, 11) is 3.75. The molecule has 0 saturated carbocycles. The molecule has 0 fully saturated rings. The first-order valence-corrected chi connectivity index (χ1v) is 9.95. The van der Waals surface area contributed by atoms with Crippen LogP contribution < -0.4 is 15.4 Å². The van der Waals surface area contributed by atoms with Crippen LogP contribution in [-0.4, -0.2) is 49.8 Å². The number of ether oxygens (including phenoxy) is 1. The summed E-state index contributed by atoms with van der Waals surface area (Å²) in [5.41, 5.74) is 2.02. The van der Waals surface area contributed by atoms with Crippen LogP contribution in [0.25, 0.3) is 0 Å². The van der Waals surface area contributed by atoms with Crippen molar-refractivity contribution in [1.29, 1.82) is 0 Å². The van der Waals surface area contributed by atoms with Gasteiger partial charge in [-0.3, -0.25) is 0 Å². The van der Waals surface area contributed by atoms with Crippen molar-refractivity contribution >= 4 is 5.96 Å². The normalized spacial score (nSPS) is 12.9. The third kappa shape index (κ3) is 8.47. The molecule has 0 aliphatic heterocycles. The largest absolute Gasteiger partial charge is 0.435 e. The lowest BCUT2D eigenvalue weighted by atomic mass is 10.1. The van der Waals surface area contributed by atoms with E-state index >= 15 is 0 Å². The van der Waals surface area contributed by atoms with E-state index < -0.39 is 12.7 Å². The van der Waals surface area contributed by atoms with Crippen LogP contribution in [0, 0.1) is 5.82 Å². The SMILES string of the molecule is CCNC(=NCc1ccc(F)c(CN(C)C)c1)NCC(O)c1ccc(OC(F)F)cc1. The van der Waals surface area contributed by atoms with Crippen molar-refractivity contribution < 1.29 is 23.0 Å². The average Bonchev–Trinajstić information content (AvgIpc) is 2.71. The summed E-state index contributed by atoms with van der Waals surface area (Å²) in [6.07, 6.45) is -0.873. The van der Waals surface area contributed by atoms with E-state index in [9.17, 15) is 18.3 Å². The van der Waals surface area contributed by atoms with Gasteiger partial charge in [-0.05, 0) is 56.4 Å². The predicted molar refractivity (Wildman–Crippen MR) is 115 cm³/mol. The lowest BCUT2D eigenvalue weighted by Crippen LogP contribution is -2.39. The van der Waals surface area contributed by atoms with E-state index in [4.69, 9.17) is 0 Å². The summed E-state index contributed by atoms with van der Waals surface area (Å²) >= 11 is 0. The molecule has 1 unspecified atom stereocenters. The van der Waals surface area contributed by atoms with E-state index in [2.05, 4.69) is 20.4 Å². The van der Waals surface area contributed by atoms with Crippen molar-refractivity contribution in [2.45, 2.75) is 32.7 Å². The van der Waals surface area contributed by atoms with Gasteiger partial charge in [0.15, 0.2) is 5.96 Å². The molecule has 6 nitrogen and oxygen atoms in total. The van der Waals surface area contributed by atoms with Gasteiger partial charge in [-0.15, -0.1) is 0 Å². The topological polar surface area (TPSA) is 69.1 Å². The smallest absolute Gasteiger partial charge is 0.387 e. The molecule has 9 heteroatoms. The fraction of sp³-hybridized carbons (Fsp3) is 0.409. The molecule has 0 bridgehead atoms. The summed E-state index contributed by atoms with van der Waals surface area (Å²) < 4.78 is 42.7. The molecule has 0 aliphatic carbocycles. The van der Waals surface area contributed by atoms with E-state index in [1.807, 2.05) is 25.9 Å². The Morgan fingerprint density at radius 2 is 1.84 bits per heavy atom. The van der Waals surface area contributed by atoms with Gasteiger partial charge >= 0.3 is 6.61 Å². The second-order valence-electron chi connectivity index (χ2n) is 7.20. The van der Waals surface area contributed by atoms with Crippen molar-refractivity contribution in [2.24, 2.45) is 4.99 Å². The number of benzene rings is 2. The fourth-order valence-corrected chi connectivity index (χ4v) is 2.88. The second kappa shape index (κ2) is 12.2. The first-order chi connectivity index (χ1) is 14.8. The van der Waals surface area contributed by atoms with Crippen LogP contribution in [0.3, 0.4) is 0 Å². The Kier molecular flexibility index (Phi) is 9.61. The number of nitrogens with one attached hydrogen (secondary N) is 2. The first-order valence-electron chi connectivity index (χ1n) is 9.95. The number of aliphatic imine (C=N–C) groups is 1. The quantitative estimate of drug-likeness (QED) is 0.392. The molecule has 2 aromatic rings. The number of rotatable bonds is 10. The number of aliphatic hydroxyl groups is 1. The van der Waals surface area contributed by atoms with Crippen molar-refractivity contribution in [2.75, 3.05) is 27.2 Å². The summed E-state index contributed by atoms with van der Waals surface area (Å²) in [5.74, 6) is 0.277.